The highest BCUT2D eigenvalue weighted by molar-refractivity contribution is 6.13. The largest absolute Gasteiger partial charge is 0.463 e. The maximum absolute atomic E-state index is 13.8. The van der Waals surface area contributed by atoms with E-state index in [2.05, 4.69) is 15.4 Å². The van der Waals surface area contributed by atoms with Crippen LogP contribution in [0.15, 0.2) is 47.1 Å². The number of hydrogen-bond acceptors (Lipinski definition) is 4. The summed E-state index contributed by atoms with van der Waals surface area (Å²) >= 11 is 0. The number of nitrogens with zero attached hydrogens (tertiary/aromatic N) is 3. The molecule has 0 saturated carbocycles. The number of aromatic nitrogens is 3. The predicted octanol–water partition coefficient (Wildman–Crippen LogP) is 4.24. The van der Waals surface area contributed by atoms with Gasteiger partial charge in [0, 0.05) is 12.7 Å². The SMILES string of the molecule is Cc1ccc(NC(=O)c2cc(-c3ccco3)nc3c2c(C)nn3C)cc1F. The number of rotatable bonds is 3. The third-order valence-corrected chi connectivity index (χ3v) is 4.42. The molecule has 0 unspecified atom stereocenters. The predicted molar refractivity (Wildman–Crippen MR) is 100 cm³/mol. The monoisotopic (exact) mass is 364 g/mol. The first-order valence-corrected chi connectivity index (χ1v) is 8.40. The normalized spacial score (nSPS) is 11.1. The van der Waals surface area contributed by atoms with Gasteiger partial charge in [0.1, 0.15) is 11.5 Å². The van der Waals surface area contributed by atoms with Crippen LogP contribution in [-0.2, 0) is 7.05 Å². The van der Waals surface area contributed by atoms with Crippen LogP contribution in [0.5, 0.6) is 0 Å². The average molecular weight is 364 g/mol. The lowest BCUT2D eigenvalue weighted by atomic mass is 10.1. The lowest BCUT2D eigenvalue weighted by Crippen LogP contribution is -2.13. The van der Waals surface area contributed by atoms with Crippen molar-refractivity contribution in [2.75, 3.05) is 5.32 Å². The van der Waals surface area contributed by atoms with E-state index >= 15 is 0 Å². The smallest absolute Gasteiger partial charge is 0.256 e. The molecule has 0 radical (unpaired) electrons. The Hall–Kier alpha value is -3.48. The fourth-order valence-corrected chi connectivity index (χ4v) is 3.04. The van der Waals surface area contributed by atoms with Gasteiger partial charge < -0.3 is 9.73 Å². The van der Waals surface area contributed by atoms with Crippen LogP contribution in [0.25, 0.3) is 22.5 Å². The average Bonchev–Trinajstić information content (AvgIpc) is 3.26. The van der Waals surface area contributed by atoms with Crippen molar-refractivity contribution in [1.82, 2.24) is 14.8 Å². The number of nitrogens with one attached hydrogen (secondary N) is 1. The molecule has 0 aliphatic rings. The molecule has 3 aromatic heterocycles. The van der Waals surface area contributed by atoms with E-state index in [0.29, 0.717) is 45.0 Å². The van der Waals surface area contributed by atoms with E-state index in [0.717, 1.165) is 0 Å². The molecule has 0 fully saturated rings. The van der Waals surface area contributed by atoms with Gasteiger partial charge in [-0.25, -0.2) is 9.37 Å². The first kappa shape index (κ1) is 17.0. The summed E-state index contributed by atoms with van der Waals surface area (Å²) in [6.07, 6.45) is 1.55. The molecule has 6 nitrogen and oxygen atoms in total. The number of fused-ring (bicyclic) bond motifs is 1. The zero-order valence-electron chi connectivity index (χ0n) is 15.1. The van der Waals surface area contributed by atoms with Crippen molar-refractivity contribution in [2.24, 2.45) is 7.05 Å². The van der Waals surface area contributed by atoms with Crippen molar-refractivity contribution in [3.05, 3.63) is 65.3 Å². The second-order valence-electron chi connectivity index (χ2n) is 6.36. The summed E-state index contributed by atoms with van der Waals surface area (Å²) in [5, 5.41) is 7.78. The van der Waals surface area contributed by atoms with Gasteiger partial charge in [-0.2, -0.15) is 5.10 Å². The van der Waals surface area contributed by atoms with E-state index in [1.54, 1.807) is 55.2 Å². The van der Waals surface area contributed by atoms with Crippen molar-refractivity contribution >= 4 is 22.6 Å². The maximum atomic E-state index is 13.8. The lowest BCUT2D eigenvalue weighted by molar-refractivity contribution is 0.102. The quantitative estimate of drug-likeness (QED) is 0.590. The molecule has 0 atom stereocenters. The van der Waals surface area contributed by atoms with Crippen LogP contribution in [0.1, 0.15) is 21.6 Å². The summed E-state index contributed by atoms with van der Waals surface area (Å²) in [6.45, 7) is 3.49. The van der Waals surface area contributed by atoms with Gasteiger partial charge in [0.15, 0.2) is 11.4 Å². The molecule has 1 N–H and O–H groups in total. The number of pyridine rings is 1. The van der Waals surface area contributed by atoms with Gasteiger partial charge >= 0.3 is 0 Å². The minimum atomic E-state index is -0.374. The number of anilines is 1. The number of carbonyl (C=O) groups excluding carboxylic acids is 1. The van der Waals surface area contributed by atoms with Crippen molar-refractivity contribution in [3.63, 3.8) is 0 Å². The number of halogens is 1. The molecule has 0 aliphatic carbocycles. The lowest BCUT2D eigenvalue weighted by Gasteiger charge is -2.09. The molecule has 0 bridgehead atoms. The zero-order valence-corrected chi connectivity index (χ0v) is 15.1. The van der Waals surface area contributed by atoms with Gasteiger partial charge in [-0.3, -0.25) is 9.48 Å². The van der Waals surface area contributed by atoms with Gasteiger partial charge in [0.25, 0.3) is 5.91 Å². The third kappa shape index (κ3) is 2.97. The Bertz CT molecular complexity index is 1160. The molecule has 0 spiro atoms. The first-order valence-electron chi connectivity index (χ1n) is 8.40. The van der Waals surface area contributed by atoms with Gasteiger partial charge in [-0.05, 0) is 49.7 Å². The van der Waals surface area contributed by atoms with E-state index in [9.17, 15) is 9.18 Å². The standard InChI is InChI=1S/C20H17FN4O2/c1-11-6-7-13(9-15(11)21)22-20(26)14-10-16(17-5-4-8-27-17)23-19-18(14)12(2)24-25(19)3/h4-10H,1-3H3,(H,22,26). The van der Waals surface area contributed by atoms with Crippen LogP contribution in [0.3, 0.4) is 0 Å². The third-order valence-electron chi connectivity index (χ3n) is 4.42. The summed E-state index contributed by atoms with van der Waals surface area (Å²) in [4.78, 5) is 17.6. The van der Waals surface area contributed by atoms with Crippen LogP contribution < -0.4 is 5.32 Å². The molecule has 27 heavy (non-hydrogen) atoms. The van der Waals surface area contributed by atoms with Crippen molar-refractivity contribution < 1.29 is 13.6 Å². The van der Waals surface area contributed by atoms with E-state index < -0.39 is 0 Å². The second kappa shape index (κ2) is 6.35. The zero-order chi connectivity index (χ0) is 19.1. The molecule has 136 valence electrons. The van der Waals surface area contributed by atoms with Gasteiger partial charge in [-0.15, -0.1) is 0 Å². The molecule has 1 amide bonds. The van der Waals surface area contributed by atoms with Gasteiger partial charge in [0.05, 0.1) is 22.9 Å². The van der Waals surface area contributed by atoms with Gasteiger partial charge in [0.2, 0.25) is 0 Å². The molecular weight excluding hydrogens is 347 g/mol. The Balaban J connectivity index is 1.83. The summed E-state index contributed by atoms with van der Waals surface area (Å²) in [5.41, 5.74) is 3.08. The Morgan fingerprint density at radius 2 is 2.04 bits per heavy atom. The highest BCUT2D eigenvalue weighted by Gasteiger charge is 2.20. The number of hydrogen-bond donors (Lipinski definition) is 1. The molecule has 0 saturated heterocycles. The van der Waals surface area contributed by atoms with E-state index in [1.165, 1.54) is 6.07 Å². The summed E-state index contributed by atoms with van der Waals surface area (Å²) in [5.74, 6) is -0.192. The number of aryl methyl sites for hydroxylation is 3. The number of benzene rings is 1. The van der Waals surface area contributed by atoms with Gasteiger partial charge in [-0.1, -0.05) is 6.07 Å². The highest BCUT2D eigenvalue weighted by Crippen LogP contribution is 2.28. The van der Waals surface area contributed by atoms with E-state index in [1.807, 2.05) is 6.92 Å². The topological polar surface area (TPSA) is 73.0 Å². The minimum absolute atomic E-state index is 0.366. The summed E-state index contributed by atoms with van der Waals surface area (Å²) in [6, 6.07) is 9.78. The molecule has 4 rings (SSSR count). The second-order valence-corrected chi connectivity index (χ2v) is 6.36. The molecule has 3 heterocycles. The maximum Gasteiger partial charge on any atom is 0.256 e. The fraction of sp³-hybridized carbons (Fsp3) is 0.150. The molecular formula is C20H17FN4O2. The van der Waals surface area contributed by atoms with Crippen LogP contribution in [0, 0.1) is 19.7 Å². The molecule has 7 heteroatoms. The van der Waals surface area contributed by atoms with Crippen molar-refractivity contribution in [3.8, 4) is 11.5 Å². The Morgan fingerprint density at radius 3 is 2.74 bits per heavy atom. The van der Waals surface area contributed by atoms with Crippen molar-refractivity contribution in [1.29, 1.82) is 0 Å². The number of amides is 1. The molecule has 1 aromatic carbocycles. The van der Waals surface area contributed by atoms with Crippen LogP contribution in [0.2, 0.25) is 0 Å². The van der Waals surface area contributed by atoms with E-state index in [4.69, 9.17) is 4.42 Å². The molecule has 0 aliphatic heterocycles. The Morgan fingerprint density at radius 1 is 1.22 bits per heavy atom. The van der Waals surface area contributed by atoms with Crippen LogP contribution in [-0.4, -0.2) is 20.7 Å². The summed E-state index contributed by atoms with van der Waals surface area (Å²) < 4.78 is 20.9. The number of carbonyl (C=O) groups is 1. The Labute approximate surface area is 154 Å². The van der Waals surface area contributed by atoms with Crippen molar-refractivity contribution in [2.45, 2.75) is 13.8 Å². The Kier molecular flexibility index (Phi) is 3.99. The van der Waals surface area contributed by atoms with Crippen LogP contribution in [0.4, 0.5) is 10.1 Å². The molecule has 4 aromatic rings. The summed E-state index contributed by atoms with van der Waals surface area (Å²) in [7, 11) is 1.77. The fourth-order valence-electron chi connectivity index (χ4n) is 3.04. The van der Waals surface area contributed by atoms with E-state index in [-0.39, 0.29) is 11.7 Å². The first-order chi connectivity index (χ1) is 12.9. The number of furan rings is 1. The highest BCUT2D eigenvalue weighted by atomic mass is 19.1. The van der Waals surface area contributed by atoms with Crippen LogP contribution >= 0.6 is 0 Å². The minimum Gasteiger partial charge on any atom is -0.463 e.